The first kappa shape index (κ1) is 14.6. The normalized spacial score (nSPS) is 12.4. The number of hydrogen-bond donors (Lipinski definition) is 2. The van der Waals surface area contributed by atoms with E-state index in [9.17, 15) is 0 Å². The number of thiocarbonyl (C=S) groups is 1. The van der Waals surface area contributed by atoms with Crippen molar-refractivity contribution in [2.45, 2.75) is 0 Å². The molecule has 0 spiro atoms. The maximum absolute atomic E-state index is 5.90. The molecule has 112 valence electrons. The number of halogens is 1. The molecule has 0 aromatic heterocycles. The van der Waals surface area contributed by atoms with Crippen molar-refractivity contribution in [3.8, 4) is 11.5 Å². The van der Waals surface area contributed by atoms with Crippen LogP contribution in [0.25, 0.3) is 0 Å². The average Bonchev–Trinajstić information content (AvgIpc) is 2.95. The number of ether oxygens (including phenoxy) is 2. The largest absolute Gasteiger partial charge is 0.454 e. The quantitative estimate of drug-likeness (QED) is 0.512. The van der Waals surface area contributed by atoms with Crippen LogP contribution >= 0.6 is 23.8 Å². The molecule has 0 radical (unpaired) electrons. The van der Waals surface area contributed by atoms with E-state index < -0.39 is 0 Å². The van der Waals surface area contributed by atoms with E-state index in [0.29, 0.717) is 15.9 Å². The van der Waals surface area contributed by atoms with Crippen LogP contribution < -0.4 is 20.2 Å². The van der Waals surface area contributed by atoms with E-state index in [1.54, 1.807) is 18.3 Å². The molecule has 2 aromatic rings. The molecule has 0 saturated heterocycles. The van der Waals surface area contributed by atoms with E-state index in [1.165, 1.54) is 0 Å². The Hall–Kier alpha value is -2.31. The molecule has 2 N–H and O–H groups in total. The van der Waals surface area contributed by atoms with Gasteiger partial charge in [0.15, 0.2) is 16.6 Å². The Morgan fingerprint density at radius 2 is 2.05 bits per heavy atom. The molecule has 0 fully saturated rings. The topological polar surface area (TPSA) is 54.9 Å². The van der Waals surface area contributed by atoms with Gasteiger partial charge in [-0.2, -0.15) is 5.10 Å². The number of rotatable bonds is 3. The highest BCUT2D eigenvalue weighted by atomic mass is 35.5. The summed E-state index contributed by atoms with van der Waals surface area (Å²) in [5.41, 5.74) is 4.41. The third-order valence-corrected chi connectivity index (χ3v) is 3.29. The van der Waals surface area contributed by atoms with Gasteiger partial charge in [0, 0.05) is 10.7 Å². The molecule has 1 aliphatic heterocycles. The van der Waals surface area contributed by atoms with Crippen molar-refractivity contribution in [2.24, 2.45) is 5.10 Å². The number of hydrogen-bond acceptors (Lipinski definition) is 4. The molecule has 1 heterocycles. The molecule has 0 aliphatic carbocycles. The molecule has 0 bridgehead atoms. The first-order valence-corrected chi connectivity index (χ1v) is 7.24. The molecule has 7 heteroatoms. The number of anilines is 1. The van der Waals surface area contributed by atoms with Crippen molar-refractivity contribution < 1.29 is 9.47 Å². The Bertz CT molecular complexity index is 736. The number of nitrogens with one attached hydrogen (secondary N) is 2. The summed E-state index contributed by atoms with van der Waals surface area (Å²) in [7, 11) is 0. The zero-order chi connectivity index (χ0) is 15.4. The summed E-state index contributed by atoms with van der Waals surface area (Å²) >= 11 is 11.1. The van der Waals surface area contributed by atoms with E-state index >= 15 is 0 Å². The Morgan fingerprint density at radius 1 is 1.18 bits per heavy atom. The molecular formula is C15H12ClN3O2S. The van der Waals surface area contributed by atoms with E-state index in [4.69, 9.17) is 33.3 Å². The summed E-state index contributed by atoms with van der Waals surface area (Å²) < 4.78 is 10.6. The van der Waals surface area contributed by atoms with Crippen molar-refractivity contribution in [2.75, 3.05) is 12.1 Å². The van der Waals surface area contributed by atoms with E-state index in [0.717, 1.165) is 17.0 Å². The highest BCUT2D eigenvalue weighted by molar-refractivity contribution is 7.80. The fourth-order valence-corrected chi connectivity index (χ4v) is 2.24. The number of hydrazone groups is 1. The van der Waals surface area contributed by atoms with E-state index in [2.05, 4.69) is 15.8 Å². The third-order valence-electron chi connectivity index (χ3n) is 2.86. The minimum Gasteiger partial charge on any atom is -0.454 e. The van der Waals surface area contributed by atoms with Crippen molar-refractivity contribution in [3.05, 3.63) is 53.1 Å². The van der Waals surface area contributed by atoms with Crippen molar-refractivity contribution >= 4 is 40.8 Å². The average molecular weight is 334 g/mol. The Balaban J connectivity index is 1.56. The van der Waals surface area contributed by atoms with Gasteiger partial charge in [0.05, 0.1) is 6.21 Å². The van der Waals surface area contributed by atoms with Gasteiger partial charge in [-0.15, -0.1) is 0 Å². The zero-order valence-electron chi connectivity index (χ0n) is 11.4. The van der Waals surface area contributed by atoms with Crippen LogP contribution in [0.4, 0.5) is 5.69 Å². The summed E-state index contributed by atoms with van der Waals surface area (Å²) in [6.07, 6.45) is 1.65. The highest BCUT2D eigenvalue weighted by Gasteiger charge is 2.12. The number of nitrogens with zero attached hydrogens (tertiary/aromatic N) is 1. The van der Waals surface area contributed by atoms with Gasteiger partial charge >= 0.3 is 0 Å². The molecule has 0 saturated carbocycles. The molecule has 3 rings (SSSR count). The van der Waals surface area contributed by atoms with Gasteiger partial charge in [-0.25, -0.2) is 0 Å². The second kappa shape index (κ2) is 6.64. The summed E-state index contributed by atoms with van der Waals surface area (Å²) in [6, 6.07) is 12.8. The Labute approximate surface area is 137 Å². The molecule has 22 heavy (non-hydrogen) atoms. The number of fused-ring (bicyclic) bond motifs is 1. The summed E-state index contributed by atoms with van der Waals surface area (Å²) in [5, 5.41) is 8.08. The van der Waals surface area contributed by atoms with Crippen LogP contribution in [0.1, 0.15) is 5.56 Å². The summed E-state index contributed by atoms with van der Waals surface area (Å²) in [5.74, 6) is 1.45. The van der Waals surface area contributed by atoms with Gasteiger partial charge in [0.2, 0.25) is 6.79 Å². The first-order valence-electron chi connectivity index (χ1n) is 6.46. The van der Waals surface area contributed by atoms with E-state index in [-0.39, 0.29) is 6.79 Å². The van der Waals surface area contributed by atoms with Crippen LogP contribution in [0.15, 0.2) is 47.6 Å². The SMILES string of the molecule is S=C(N/N=C/c1ccc2c(c1)OCO2)Nc1cccc(Cl)c1. The predicted molar refractivity (Wildman–Crippen MR) is 91.0 cm³/mol. The van der Waals surface area contributed by atoms with Crippen LogP contribution in [-0.2, 0) is 0 Å². The smallest absolute Gasteiger partial charge is 0.231 e. The van der Waals surface area contributed by atoms with Crippen molar-refractivity contribution in [1.82, 2.24) is 5.43 Å². The second-order valence-electron chi connectivity index (χ2n) is 4.45. The molecule has 5 nitrogen and oxygen atoms in total. The van der Waals surface area contributed by atoms with Crippen molar-refractivity contribution in [1.29, 1.82) is 0 Å². The summed E-state index contributed by atoms with van der Waals surface area (Å²) in [6.45, 7) is 0.252. The standard InChI is InChI=1S/C15H12ClN3O2S/c16-11-2-1-3-12(7-11)18-15(22)19-17-8-10-4-5-13-14(6-10)21-9-20-13/h1-8H,9H2,(H2,18,19,22)/b17-8+. The fraction of sp³-hybridized carbons (Fsp3) is 0.0667. The highest BCUT2D eigenvalue weighted by Crippen LogP contribution is 2.31. The lowest BCUT2D eigenvalue weighted by Crippen LogP contribution is -2.23. The number of benzene rings is 2. The fourth-order valence-electron chi connectivity index (χ4n) is 1.88. The van der Waals surface area contributed by atoms with E-state index in [1.807, 2.05) is 30.3 Å². The Morgan fingerprint density at radius 3 is 2.91 bits per heavy atom. The van der Waals surface area contributed by atoms with Gasteiger partial charge in [0.25, 0.3) is 0 Å². The molecule has 0 atom stereocenters. The molecule has 1 aliphatic rings. The maximum atomic E-state index is 5.90. The third kappa shape index (κ3) is 3.66. The lowest BCUT2D eigenvalue weighted by molar-refractivity contribution is 0.174. The minimum atomic E-state index is 0.252. The monoisotopic (exact) mass is 333 g/mol. The Kier molecular flexibility index (Phi) is 4.41. The van der Waals surface area contributed by atoms with Gasteiger partial charge < -0.3 is 14.8 Å². The van der Waals surface area contributed by atoms with Crippen LogP contribution in [0, 0.1) is 0 Å². The van der Waals surface area contributed by atoms with Gasteiger partial charge in [-0.1, -0.05) is 17.7 Å². The van der Waals surface area contributed by atoms with Crippen LogP contribution in [0.5, 0.6) is 11.5 Å². The molecule has 0 amide bonds. The van der Waals surface area contributed by atoms with Crippen LogP contribution in [-0.4, -0.2) is 18.1 Å². The van der Waals surface area contributed by atoms with Gasteiger partial charge in [0.1, 0.15) is 0 Å². The minimum absolute atomic E-state index is 0.252. The second-order valence-corrected chi connectivity index (χ2v) is 5.29. The molecular weight excluding hydrogens is 322 g/mol. The zero-order valence-corrected chi connectivity index (χ0v) is 12.9. The first-order chi connectivity index (χ1) is 10.7. The predicted octanol–water partition coefficient (Wildman–Crippen LogP) is 3.39. The van der Waals surface area contributed by atoms with Crippen LogP contribution in [0.3, 0.4) is 0 Å². The van der Waals surface area contributed by atoms with Gasteiger partial charge in [-0.05, 0) is 54.2 Å². The summed E-state index contributed by atoms with van der Waals surface area (Å²) in [4.78, 5) is 0. The van der Waals surface area contributed by atoms with Crippen molar-refractivity contribution in [3.63, 3.8) is 0 Å². The van der Waals surface area contributed by atoms with Gasteiger partial charge in [-0.3, -0.25) is 5.43 Å². The van der Waals surface area contributed by atoms with Crippen LogP contribution in [0.2, 0.25) is 5.02 Å². The lowest BCUT2D eigenvalue weighted by Gasteiger charge is -2.06. The lowest BCUT2D eigenvalue weighted by atomic mass is 10.2. The molecule has 2 aromatic carbocycles. The maximum Gasteiger partial charge on any atom is 0.231 e. The molecule has 0 unspecified atom stereocenters.